The second-order valence-electron chi connectivity index (χ2n) is 4.59. The lowest BCUT2D eigenvalue weighted by Crippen LogP contribution is -2.28. The maximum absolute atomic E-state index is 11.9. The van der Waals surface area contributed by atoms with Crippen LogP contribution in [0.5, 0.6) is 0 Å². The predicted octanol–water partition coefficient (Wildman–Crippen LogP) is 0.520. The van der Waals surface area contributed by atoms with E-state index in [9.17, 15) is 19.2 Å². The molecule has 0 spiro atoms. The molecule has 0 radical (unpaired) electrons. The highest BCUT2D eigenvalue weighted by Crippen LogP contribution is 2.29. The molecule has 1 heterocycles. The molecule has 21 heavy (non-hydrogen) atoms. The normalized spacial score (nSPS) is 17.8. The summed E-state index contributed by atoms with van der Waals surface area (Å²) in [5, 5.41) is 27.0. The van der Waals surface area contributed by atoms with E-state index in [1.54, 1.807) is 0 Å². The molecule has 0 aliphatic carbocycles. The number of carbonyl (C=O) groups is 4. The zero-order valence-corrected chi connectivity index (χ0v) is 10.6. The van der Waals surface area contributed by atoms with Crippen molar-refractivity contribution in [2.24, 2.45) is 5.92 Å². The molecule has 110 valence electrons. The molecule has 1 aliphatic rings. The van der Waals surface area contributed by atoms with Crippen molar-refractivity contribution in [1.29, 1.82) is 0 Å². The third-order valence-corrected chi connectivity index (χ3v) is 3.24. The standard InChI is InChI=1S/C13H11NO7/c15-10-4-7(12(18)19)5-14(10)9-3-6(11(16)17)1-2-8(9)13(20)21/h1-3,7H,4-5H2,(H,16,17)(H,18,19)(H,20,21). The number of nitrogens with zero attached hydrogens (tertiary/aromatic N) is 1. The number of hydrogen-bond acceptors (Lipinski definition) is 4. The van der Waals surface area contributed by atoms with Crippen LogP contribution in [0.3, 0.4) is 0 Å². The van der Waals surface area contributed by atoms with Gasteiger partial charge in [0.15, 0.2) is 0 Å². The summed E-state index contributed by atoms with van der Waals surface area (Å²) in [5.41, 5.74) is -0.530. The molecule has 8 heteroatoms. The third kappa shape index (κ3) is 2.69. The van der Waals surface area contributed by atoms with Gasteiger partial charge in [-0.05, 0) is 18.2 Å². The second-order valence-corrected chi connectivity index (χ2v) is 4.59. The van der Waals surface area contributed by atoms with Gasteiger partial charge in [0.25, 0.3) is 0 Å². The Hall–Kier alpha value is -2.90. The molecule has 3 N–H and O–H groups in total. The van der Waals surface area contributed by atoms with Gasteiger partial charge in [-0.2, -0.15) is 0 Å². The van der Waals surface area contributed by atoms with Crippen LogP contribution in [-0.4, -0.2) is 45.7 Å². The minimum absolute atomic E-state index is 0.101. The van der Waals surface area contributed by atoms with Crippen molar-refractivity contribution in [2.45, 2.75) is 6.42 Å². The molecule has 1 amide bonds. The summed E-state index contributed by atoms with van der Waals surface area (Å²) in [6.07, 6.45) is -0.244. The molecular weight excluding hydrogens is 282 g/mol. The number of amides is 1. The minimum Gasteiger partial charge on any atom is -0.481 e. The Morgan fingerprint density at radius 3 is 2.24 bits per heavy atom. The molecule has 1 fully saturated rings. The van der Waals surface area contributed by atoms with Crippen molar-refractivity contribution in [2.75, 3.05) is 11.4 Å². The zero-order valence-electron chi connectivity index (χ0n) is 10.6. The topological polar surface area (TPSA) is 132 Å². The largest absolute Gasteiger partial charge is 0.481 e. The fourth-order valence-electron chi connectivity index (χ4n) is 2.17. The maximum Gasteiger partial charge on any atom is 0.337 e. The van der Waals surface area contributed by atoms with E-state index in [1.165, 1.54) is 0 Å². The number of rotatable bonds is 4. The van der Waals surface area contributed by atoms with Crippen LogP contribution in [0.25, 0.3) is 0 Å². The Labute approximate surface area is 118 Å². The highest BCUT2D eigenvalue weighted by atomic mass is 16.4. The van der Waals surface area contributed by atoms with E-state index in [1.807, 2.05) is 0 Å². The van der Waals surface area contributed by atoms with E-state index >= 15 is 0 Å². The van der Waals surface area contributed by atoms with Gasteiger partial charge in [0.2, 0.25) is 5.91 Å². The lowest BCUT2D eigenvalue weighted by molar-refractivity contribution is -0.141. The van der Waals surface area contributed by atoms with E-state index in [-0.39, 0.29) is 29.8 Å². The summed E-state index contributed by atoms with van der Waals surface area (Å²) < 4.78 is 0. The lowest BCUT2D eigenvalue weighted by Gasteiger charge is -2.19. The number of hydrogen-bond donors (Lipinski definition) is 3. The van der Waals surface area contributed by atoms with Crippen molar-refractivity contribution in [3.05, 3.63) is 29.3 Å². The fourth-order valence-corrected chi connectivity index (χ4v) is 2.17. The first kappa shape index (κ1) is 14.5. The van der Waals surface area contributed by atoms with E-state index in [2.05, 4.69) is 0 Å². The number of carboxylic acids is 3. The van der Waals surface area contributed by atoms with Gasteiger partial charge in [-0.25, -0.2) is 9.59 Å². The number of aromatic carboxylic acids is 2. The summed E-state index contributed by atoms with van der Waals surface area (Å²) >= 11 is 0. The van der Waals surface area contributed by atoms with E-state index < -0.39 is 29.7 Å². The Bertz CT molecular complexity index is 652. The van der Waals surface area contributed by atoms with Crippen LogP contribution in [0.4, 0.5) is 5.69 Å². The summed E-state index contributed by atoms with van der Waals surface area (Å²) in [4.78, 5) is 45.9. The van der Waals surface area contributed by atoms with Gasteiger partial charge in [0.1, 0.15) is 0 Å². The van der Waals surface area contributed by atoms with Crippen LogP contribution < -0.4 is 4.90 Å². The molecule has 1 unspecified atom stereocenters. The second kappa shape index (κ2) is 5.23. The van der Waals surface area contributed by atoms with Gasteiger partial charge in [-0.15, -0.1) is 0 Å². The zero-order chi connectivity index (χ0) is 15.7. The SMILES string of the molecule is O=C(O)c1ccc(C(=O)O)c(N2CC(C(=O)O)CC2=O)c1. The quantitative estimate of drug-likeness (QED) is 0.737. The minimum atomic E-state index is -1.33. The first-order chi connectivity index (χ1) is 9.81. The van der Waals surface area contributed by atoms with Gasteiger partial charge in [-0.1, -0.05) is 0 Å². The molecule has 1 aromatic carbocycles. The Kier molecular flexibility index (Phi) is 3.62. The summed E-state index contributed by atoms with van der Waals surface area (Å²) in [6, 6.07) is 3.26. The molecule has 2 rings (SSSR count). The monoisotopic (exact) mass is 293 g/mol. The summed E-state index contributed by atoms with van der Waals surface area (Å²) in [5.74, 6) is -5.24. The molecule has 1 atom stereocenters. The number of carbonyl (C=O) groups excluding carboxylic acids is 1. The van der Waals surface area contributed by atoms with E-state index in [0.29, 0.717) is 0 Å². The van der Waals surface area contributed by atoms with Gasteiger partial charge in [0.05, 0.1) is 22.7 Å². The van der Waals surface area contributed by atoms with E-state index in [4.69, 9.17) is 15.3 Å². The molecule has 1 saturated heterocycles. The molecule has 0 bridgehead atoms. The number of carboxylic acid groups (broad SMARTS) is 3. The van der Waals surface area contributed by atoms with Crippen LogP contribution in [0.1, 0.15) is 27.1 Å². The number of benzene rings is 1. The van der Waals surface area contributed by atoms with Crippen LogP contribution in [0.15, 0.2) is 18.2 Å². The van der Waals surface area contributed by atoms with Crippen LogP contribution in [0.2, 0.25) is 0 Å². The van der Waals surface area contributed by atoms with Crippen molar-refractivity contribution in [1.82, 2.24) is 0 Å². The highest BCUT2D eigenvalue weighted by molar-refractivity contribution is 6.06. The lowest BCUT2D eigenvalue weighted by atomic mass is 10.1. The number of aliphatic carboxylic acids is 1. The van der Waals surface area contributed by atoms with Gasteiger partial charge in [0, 0.05) is 13.0 Å². The molecule has 1 aromatic rings. The van der Waals surface area contributed by atoms with Gasteiger partial charge < -0.3 is 20.2 Å². The summed E-state index contributed by atoms with van der Waals surface area (Å²) in [6.45, 7) is -0.183. The van der Waals surface area contributed by atoms with Crippen molar-refractivity contribution in [3.63, 3.8) is 0 Å². The van der Waals surface area contributed by atoms with Crippen molar-refractivity contribution >= 4 is 29.5 Å². The molecule has 1 aliphatic heterocycles. The fraction of sp³-hybridized carbons (Fsp3) is 0.231. The summed E-state index contributed by atoms with van der Waals surface area (Å²) in [7, 11) is 0. The average Bonchev–Trinajstić information content (AvgIpc) is 2.80. The van der Waals surface area contributed by atoms with Crippen molar-refractivity contribution < 1.29 is 34.5 Å². The van der Waals surface area contributed by atoms with Crippen LogP contribution in [0, 0.1) is 5.92 Å². The predicted molar refractivity (Wildman–Crippen MR) is 68.5 cm³/mol. The first-order valence-electron chi connectivity index (χ1n) is 5.95. The Balaban J connectivity index is 2.48. The smallest absolute Gasteiger partial charge is 0.337 e. The van der Waals surface area contributed by atoms with E-state index in [0.717, 1.165) is 23.1 Å². The maximum atomic E-state index is 11.9. The third-order valence-electron chi connectivity index (χ3n) is 3.24. The van der Waals surface area contributed by atoms with Crippen LogP contribution in [-0.2, 0) is 9.59 Å². The number of anilines is 1. The molecule has 8 nitrogen and oxygen atoms in total. The Morgan fingerprint density at radius 2 is 1.76 bits per heavy atom. The molecular formula is C13H11NO7. The first-order valence-corrected chi connectivity index (χ1v) is 5.95. The van der Waals surface area contributed by atoms with Crippen molar-refractivity contribution in [3.8, 4) is 0 Å². The highest BCUT2D eigenvalue weighted by Gasteiger charge is 2.36. The van der Waals surface area contributed by atoms with Gasteiger partial charge in [-0.3, -0.25) is 9.59 Å². The van der Waals surface area contributed by atoms with Gasteiger partial charge >= 0.3 is 17.9 Å². The average molecular weight is 293 g/mol. The Morgan fingerprint density at radius 1 is 1.10 bits per heavy atom. The van der Waals surface area contributed by atoms with Crippen LogP contribution >= 0.6 is 0 Å². The molecule has 0 saturated carbocycles. The molecule has 0 aromatic heterocycles.